The second-order valence-corrected chi connectivity index (χ2v) is 6.77. The Bertz CT molecular complexity index is 1260. The smallest absolute Gasteiger partial charge is 0.291 e. The van der Waals surface area contributed by atoms with Gasteiger partial charge in [-0.15, -0.1) is 0 Å². The summed E-state index contributed by atoms with van der Waals surface area (Å²) in [6.45, 7) is 4.00. The number of nitrogens with zero attached hydrogens (tertiary/aromatic N) is 2. The van der Waals surface area contributed by atoms with Gasteiger partial charge in [0.2, 0.25) is 12.1 Å². The summed E-state index contributed by atoms with van der Waals surface area (Å²) in [6, 6.07) is 18.5. The van der Waals surface area contributed by atoms with Crippen molar-refractivity contribution in [2.45, 2.75) is 20.0 Å². The SMILES string of the molecule is CC.N=C(O/C(N)=N/C1N=C(c2ccccc2)c2ccccc2NC1=O)c1ccc(F)cc1F. The van der Waals surface area contributed by atoms with Gasteiger partial charge >= 0.3 is 0 Å². The molecule has 0 aromatic heterocycles. The highest BCUT2D eigenvalue weighted by atomic mass is 19.1. The van der Waals surface area contributed by atoms with Gasteiger partial charge in [-0.2, -0.15) is 4.99 Å². The van der Waals surface area contributed by atoms with E-state index in [0.717, 1.165) is 17.7 Å². The molecule has 0 radical (unpaired) electrons. The number of para-hydroxylation sites is 1. The minimum absolute atomic E-state index is 0.309. The number of ether oxygens (including phenoxy) is 1. The number of benzene rings is 3. The van der Waals surface area contributed by atoms with Crippen molar-refractivity contribution in [1.82, 2.24) is 0 Å². The number of carbonyl (C=O) groups is 1. The lowest BCUT2D eigenvalue weighted by molar-refractivity contribution is -0.117. The first-order chi connectivity index (χ1) is 16.4. The van der Waals surface area contributed by atoms with Crippen molar-refractivity contribution in [2.24, 2.45) is 15.7 Å². The molecule has 1 amide bonds. The van der Waals surface area contributed by atoms with Crippen LogP contribution in [0.3, 0.4) is 0 Å². The number of hydrogen-bond donors (Lipinski definition) is 3. The van der Waals surface area contributed by atoms with E-state index in [2.05, 4.69) is 15.3 Å². The lowest BCUT2D eigenvalue weighted by Crippen LogP contribution is -2.29. The molecule has 0 saturated heterocycles. The maximum absolute atomic E-state index is 13.9. The highest BCUT2D eigenvalue weighted by Gasteiger charge is 2.26. The Balaban J connectivity index is 0.00000158. The zero-order chi connectivity index (χ0) is 24.7. The molecule has 1 aliphatic heterocycles. The average molecular weight is 463 g/mol. The molecule has 1 unspecified atom stereocenters. The van der Waals surface area contributed by atoms with Crippen LogP contribution in [0.15, 0.2) is 82.8 Å². The minimum atomic E-state index is -1.32. The number of halogens is 2. The highest BCUT2D eigenvalue weighted by Crippen LogP contribution is 2.24. The normalized spacial score (nSPS) is 15.1. The number of amidine groups is 1. The number of benzodiazepines with no additional fused rings is 1. The molecule has 9 heteroatoms. The maximum atomic E-state index is 13.9. The fourth-order valence-electron chi connectivity index (χ4n) is 3.14. The van der Waals surface area contributed by atoms with Gasteiger partial charge in [-0.1, -0.05) is 62.4 Å². The van der Waals surface area contributed by atoms with E-state index in [1.54, 1.807) is 12.1 Å². The molecule has 0 saturated carbocycles. The van der Waals surface area contributed by atoms with Crippen molar-refractivity contribution in [2.75, 3.05) is 5.32 Å². The summed E-state index contributed by atoms with van der Waals surface area (Å²) >= 11 is 0. The molecule has 7 nitrogen and oxygen atoms in total. The van der Waals surface area contributed by atoms with Gasteiger partial charge < -0.3 is 15.8 Å². The number of aliphatic imine (C=N–C) groups is 2. The third-order valence-corrected chi connectivity index (χ3v) is 4.61. The van der Waals surface area contributed by atoms with Crippen LogP contribution >= 0.6 is 0 Å². The number of fused-ring (bicyclic) bond motifs is 1. The Labute approximate surface area is 195 Å². The van der Waals surface area contributed by atoms with Crippen LogP contribution in [0, 0.1) is 17.0 Å². The van der Waals surface area contributed by atoms with Gasteiger partial charge in [0.25, 0.3) is 11.9 Å². The van der Waals surface area contributed by atoms with Crippen LogP contribution in [0.2, 0.25) is 0 Å². The van der Waals surface area contributed by atoms with E-state index in [9.17, 15) is 13.6 Å². The van der Waals surface area contributed by atoms with Crippen LogP contribution in [0.1, 0.15) is 30.5 Å². The van der Waals surface area contributed by atoms with Crippen LogP contribution in [-0.4, -0.2) is 29.7 Å². The molecule has 1 heterocycles. The van der Waals surface area contributed by atoms with Crippen molar-refractivity contribution in [1.29, 1.82) is 5.41 Å². The zero-order valence-electron chi connectivity index (χ0n) is 18.5. The first-order valence-corrected chi connectivity index (χ1v) is 10.5. The van der Waals surface area contributed by atoms with Gasteiger partial charge in [-0.3, -0.25) is 10.2 Å². The Kier molecular flexibility index (Phi) is 7.81. The summed E-state index contributed by atoms with van der Waals surface area (Å²) in [7, 11) is 0. The van der Waals surface area contributed by atoms with E-state index in [-0.39, 0.29) is 5.56 Å². The molecule has 1 aliphatic rings. The third-order valence-electron chi connectivity index (χ3n) is 4.61. The molecule has 3 aromatic rings. The van der Waals surface area contributed by atoms with Crippen LogP contribution in [-0.2, 0) is 9.53 Å². The second kappa shape index (κ2) is 11.0. The largest absolute Gasteiger partial charge is 0.407 e. The summed E-state index contributed by atoms with van der Waals surface area (Å²) in [4.78, 5) is 21.2. The molecular formula is C25H23F2N5O2. The number of nitrogens with one attached hydrogen (secondary N) is 2. The Morgan fingerprint density at radius 2 is 1.74 bits per heavy atom. The van der Waals surface area contributed by atoms with Crippen LogP contribution in [0.4, 0.5) is 14.5 Å². The molecule has 0 fully saturated rings. The van der Waals surface area contributed by atoms with Crippen LogP contribution < -0.4 is 11.1 Å². The Morgan fingerprint density at radius 1 is 1.06 bits per heavy atom. The first kappa shape index (κ1) is 24.2. The van der Waals surface area contributed by atoms with Crippen LogP contribution in [0.5, 0.6) is 0 Å². The monoisotopic (exact) mass is 463 g/mol. The molecule has 4 rings (SSSR count). The first-order valence-electron chi connectivity index (χ1n) is 10.5. The molecule has 0 bridgehead atoms. The molecule has 4 N–H and O–H groups in total. The quantitative estimate of drug-likeness (QED) is 0.394. The van der Waals surface area contributed by atoms with Gasteiger partial charge in [0.15, 0.2) is 0 Å². The summed E-state index contributed by atoms with van der Waals surface area (Å²) in [5.41, 5.74) is 7.99. The highest BCUT2D eigenvalue weighted by molar-refractivity contribution is 6.19. The average Bonchev–Trinajstić information content (AvgIpc) is 2.97. The molecule has 174 valence electrons. The van der Waals surface area contributed by atoms with Crippen molar-refractivity contribution >= 4 is 29.2 Å². The number of hydrogen-bond acceptors (Lipinski definition) is 5. The molecule has 0 aliphatic carbocycles. The maximum Gasteiger partial charge on any atom is 0.291 e. The Morgan fingerprint density at radius 3 is 2.44 bits per heavy atom. The van der Waals surface area contributed by atoms with Gasteiger partial charge in [-0.25, -0.2) is 13.8 Å². The standard InChI is InChI=1S/C23H17F2N5O2.C2H6/c24-14-10-11-15(17(25)12-14)20(26)32-23(27)30-21-22(31)28-18-9-5-4-8-16(18)19(29-21)13-6-2-1-3-7-13;1-2/h1-12,21,26H,(H2,27,30)(H,28,31);1-2H3. The number of anilines is 1. The van der Waals surface area contributed by atoms with Gasteiger partial charge in [0.05, 0.1) is 17.0 Å². The Hall–Kier alpha value is -4.40. The van der Waals surface area contributed by atoms with Crippen molar-refractivity contribution < 1.29 is 18.3 Å². The predicted octanol–water partition coefficient (Wildman–Crippen LogP) is 4.46. The summed E-state index contributed by atoms with van der Waals surface area (Å²) < 4.78 is 32.0. The fraction of sp³-hybridized carbons (Fsp3) is 0.120. The summed E-state index contributed by atoms with van der Waals surface area (Å²) in [5.74, 6) is -3.03. The number of nitrogens with two attached hydrogens (primary N) is 1. The van der Waals surface area contributed by atoms with E-state index in [1.165, 1.54) is 0 Å². The summed E-state index contributed by atoms with van der Waals surface area (Å²) in [6.07, 6.45) is -1.32. The van der Waals surface area contributed by atoms with Crippen molar-refractivity contribution in [3.05, 3.63) is 101 Å². The van der Waals surface area contributed by atoms with E-state index in [4.69, 9.17) is 15.9 Å². The van der Waals surface area contributed by atoms with Gasteiger partial charge in [0, 0.05) is 17.2 Å². The second-order valence-electron chi connectivity index (χ2n) is 6.77. The molecule has 34 heavy (non-hydrogen) atoms. The lowest BCUT2D eigenvalue weighted by Gasteiger charge is -2.10. The van der Waals surface area contributed by atoms with Crippen molar-refractivity contribution in [3.63, 3.8) is 0 Å². The molecule has 3 aromatic carbocycles. The number of carbonyl (C=O) groups excluding carboxylic acids is 1. The lowest BCUT2D eigenvalue weighted by atomic mass is 10.0. The van der Waals surface area contributed by atoms with Gasteiger partial charge in [0.1, 0.15) is 11.6 Å². The van der Waals surface area contributed by atoms with Crippen LogP contribution in [0.25, 0.3) is 0 Å². The molecular weight excluding hydrogens is 440 g/mol. The third kappa shape index (κ3) is 5.50. The summed E-state index contributed by atoms with van der Waals surface area (Å²) in [5, 5.41) is 10.6. The number of rotatable bonds is 3. The van der Waals surface area contributed by atoms with E-state index < -0.39 is 35.6 Å². The number of amides is 1. The zero-order valence-corrected chi connectivity index (χ0v) is 18.5. The fourth-order valence-corrected chi connectivity index (χ4v) is 3.14. The van der Waals surface area contributed by atoms with E-state index >= 15 is 0 Å². The van der Waals surface area contributed by atoms with Gasteiger partial charge in [-0.05, 0) is 18.2 Å². The van der Waals surface area contributed by atoms with Crippen molar-refractivity contribution in [3.8, 4) is 0 Å². The topological polar surface area (TPSA) is 113 Å². The molecule has 1 atom stereocenters. The van der Waals surface area contributed by atoms with E-state index in [1.807, 2.05) is 56.3 Å². The minimum Gasteiger partial charge on any atom is -0.407 e. The molecule has 0 spiro atoms. The van der Waals surface area contributed by atoms with E-state index in [0.29, 0.717) is 23.0 Å². The predicted molar refractivity (Wildman–Crippen MR) is 128 cm³/mol.